The molecule has 50 valence electrons. The van der Waals surface area contributed by atoms with Crippen LogP contribution in [0, 0.1) is 17.8 Å². The monoisotopic (exact) mass is 124 g/mol. The van der Waals surface area contributed by atoms with E-state index in [1.54, 1.807) is 0 Å². The van der Waals surface area contributed by atoms with Crippen LogP contribution in [0.25, 0.3) is 0 Å². The van der Waals surface area contributed by atoms with Gasteiger partial charge < -0.3 is 4.74 Å². The Morgan fingerprint density at radius 3 is 2.89 bits per heavy atom. The molecule has 9 heavy (non-hydrogen) atoms. The highest BCUT2D eigenvalue weighted by Gasteiger charge is 2.55. The lowest BCUT2D eigenvalue weighted by Crippen LogP contribution is -2.40. The summed E-state index contributed by atoms with van der Waals surface area (Å²) in [6.07, 6.45) is 5.08. The molecule has 4 atom stereocenters. The first-order chi connectivity index (χ1) is 4.45. The van der Waals surface area contributed by atoms with Gasteiger partial charge in [0.05, 0.1) is 6.10 Å². The SMILES string of the molecule is C1CC2CC3CC2C3O1. The molecule has 4 rings (SSSR count). The molecule has 0 spiro atoms. The van der Waals surface area contributed by atoms with Gasteiger partial charge in [0.2, 0.25) is 0 Å². The molecule has 0 aromatic heterocycles. The molecule has 3 aliphatic carbocycles. The molecule has 4 unspecified atom stereocenters. The van der Waals surface area contributed by atoms with Gasteiger partial charge in [0.1, 0.15) is 0 Å². The Morgan fingerprint density at radius 2 is 2.11 bits per heavy atom. The highest BCUT2D eigenvalue weighted by atomic mass is 16.5. The standard InChI is InChI=1S/C8H12O/c1-2-9-8-6-3-5(1)7(8)4-6/h5-8H,1-4H2. The summed E-state index contributed by atoms with van der Waals surface area (Å²) in [6.45, 7) is 1.06. The Labute approximate surface area is 55.4 Å². The molecule has 1 heterocycles. The Balaban J connectivity index is 1.95. The molecule has 4 aliphatic rings. The van der Waals surface area contributed by atoms with E-state index in [1.807, 2.05) is 0 Å². The van der Waals surface area contributed by atoms with Gasteiger partial charge in [-0.05, 0) is 37.0 Å². The van der Waals surface area contributed by atoms with Gasteiger partial charge in [0.15, 0.2) is 0 Å². The molecule has 1 saturated heterocycles. The first kappa shape index (κ1) is 4.73. The summed E-state index contributed by atoms with van der Waals surface area (Å²) in [5.74, 6) is 3.07. The fourth-order valence-corrected chi connectivity index (χ4v) is 2.97. The van der Waals surface area contributed by atoms with Gasteiger partial charge in [-0.2, -0.15) is 0 Å². The number of ether oxygens (including phenoxy) is 1. The lowest BCUT2D eigenvalue weighted by atomic mass is 9.77. The Morgan fingerprint density at radius 1 is 1.11 bits per heavy atom. The zero-order chi connectivity index (χ0) is 5.84. The zero-order valence-corrected chi connectivity index (χ0v) is 5.55. The summed E-state index contributed by atoms with van der Waals surface area (Å²) < 4.78 is 5.63. The van der Waals surface area contributed by atoms with Crippen molar-refractivity contribution >= 4 is 0 Å². The van der Waals surface area contributed by atoms with Crippen molar-refractivity contribution in [2.75, 3.05) is 6.61 Å². The van der Waals surface area contributed by atoms with Crippen molar-refractivity contribution < 1.29 is 4.74 Å². The van der Waals surface area contributed by atoms with Crippen molar-refractivity contribution in [3.05, 3.63) is 0 Å². The van der Waals surface area contributed by atoms with E-state index < -0.39 is 0 Å². The van der Waals surface area contributed by atoms with Crippen molar-refractivity contribution in [2.45, 2.75) is 25.4 Å². The fraction of sp³-hybridized carbons (Fsp3) is 1.00. The molecule has 0 radical (unpaired) electrons. The highest BCUT2D eigenvalue weighted by molar-refractivity contribution is 5.04. The van der Waals surface area contributed by atoms with Gasteiger partial charge in [-0.3, -0.25) is 0 Å². The van der Waals surface area contributed by atoms with Crippen LogP contribution >= 0.6 is 0 Å². The van der Waals surface area contributed by atoms with E-state index >= 15 is 0 Å². The van der Waals surface area contributed by atoms with Gasteiger partial charge in [0.25, 0.3) is 0 Å². The summed E-state index contributed by atoms with van der Waals surface area (Å²) in [6, 6.07) is 0. The average Bonchev–Trinajstić information content (AvgIpc) is 2.30. The second kappa shape index (κ2) is 1.34. The van der Waals surface area contributed by atoms with E-state index in [4.69, 9.17) is 4.74 Å². The minimum Gasteiger partial charge on any atom is -0.378 e. The normalized spacial score (nSPS) is 61.3. The van der Waals surface area contributed by atoms with Gasteiger partial charge in [-0.25, -0.2) is 0 Å². The summed E-state index contributed by atoms with van der Waals surface area (Å²) in [5, 5.41) is 0. The molecule has 3 saturated carbocycles. The molecule has 0 aromatic rings. The van der Waals surface area contributed by atoms with Crippen LogP contribution in [0.2, 0.25) is 0 Å². The van der Waals surface area contributed by atoms with Crippen LogP contribution in [0.5, 0.6) is 0 Å². The molecule has 4 fully saturated rings. The maximum atomic E-state index is 5.63. The van der Waals surface area contributed by atoms with Crippen LogP contribution in [0.4, 0.5) is 0 Å². The van der Waals surface area contributed by atoms with Crippen LogP contribution in [0.1, 0.15) is 19.3 Å². The molecule has 0 aromatic carbocycles. The second-order valence-corrected chi connectivity index (χ2v) is 3.78. The maximum Gasteiger partial charge on any atom is 0.0634 e. The van der Waals surface area contributed by atoms with Gasteiger partial charge in [-0.1, -0.05) is 0 Å². The van der Waals surface area contributed by atoms with Crippen molar-refractivity contribution in [1.82, 2.24) is 0 Å². The minimum atomic E-state index is 0.726. The summed E-state index contributed by atoms with van der Waals surface area (Å²) in [5.41, 5.74) is 0. The molecule has 1 aliphatic heterocycles. The quantitative estimate of drug-likeness (QED) is 0.474. The van der Waals surface area contributed by atoms with Crippen LogP contribution in [0.3, 0.4) is 0 Å². The smallest absolute Gasteiger partial charge is 0.0634 e. The van der Waals surface area contributed by atoms with Crippen LogP contribution in [0.15, 0.2) is 0 Å². The van der Waals surface area contributed by atoms with Crippen molar-refractivity contribution in [1.29, 1.82) is 0 Å². The Hall–Kier alpha value is -0.0400. The molecule has 0 amide bonds. The Kier molecular flexibility index (Phi) is 0.704. The predicted molar refractivity (Wildman–Crippen MR) is 34.1 cm³/mol. The van der Waals surface area contributed by atoms with E-state index in [2.05, 4.69) is 0 Å². The lowest BCUT2D eigenvalue weighted by molar-refractivity contribution is -0.0921. The summed E-state index contributed by atoms with van der Waals surface area (Å²) in [7, 11) is 0. The lowest BCUT2D eigenvalue weighted by Gasteiger charge is -2.39. The van der Waals surface area contributed by atoms with Crippen LogP contribution < -0.4 is 0 Å². The first-order valence-corrected chi connectivity index (χ1v) is 4.07. The van der Waals surface area contributed by atoms with E-state index in [-0.39, 0.29) is 0 Å². The van der Waals surface area contributed by atoms with E-state index in [0.717, 1.165) is 30.5 Å². The average molecular weight is 124 g/mol. The van der Waals surface area contributed by atoms with Crippen molar-refractivity contribution in [3.8, 4) is 0 Å². The number of rotatable bonds is 0. The zero-order valence-electron chi connectivity index (χ0n) is 5.55. The van der Waals surface area contributed by atoms with Gasteiger partial charge >= 0.3 is 0 Å². The minimum absolute atomic E-state index is 0.726. The summed E-state index contributed by atoms with van der Waals surface area (Å²) >= 11 is 0. The third-order valence-electron chi connectivity index (χ3n) is 3.47. The molecule has 0 N–H and O–H groups in total. The van der Waals surface area contributed by atoms with Gasteiger partial charge in [-0.15, -0.1) is 0 Å². The molecule has 4 bridgehead atoms. The van der Waals surface area contributed by atoms with E-state index in [9.17, 15) is 0 Å². The van der Waals surface area contributed by atoms with Gasteiger partial charge in [0, 0.05) is 6.61 Å². The van der Waals surface area contributed by atoms with E-state index in [0.29, 0.717) is 0 Å². The summed E-state index contributed by atoms with van der Waals surface area (Å²) in [4.78, 5) is 0. The molecule has 1 nitrogen and oxygen atoms in total. The molecule has 1 heteroatoms. The third kappa shape index (κ3) is 0.420. The largest absolute Gasteiger partial charge is 0.378 e. The maximum absolute atomic E-state index is 5.63. The topological polar surface area (TPSA) is 9.23 Å². The second-order valence-electron chi connectivity index (χ2n) is 3.78. The third-order valence-corrected chi connectivity index (χ3v) is 3.47. The van der Waals surface area contributed by atoms with Crippen LogP contribution in [-0.2, 0) is 4.74 Å². The number of hydrogen-bond donors (Lipinski definition) is 0. The first-order valence-electron chi connectivity index (χ1n) is 4.07. The highest BCUT2D eigenvalue weighted by Crippen LogP contribution is 2.57. The van der Waals surface area contributed by atoms with Crippen molar-refractivity contribution in [2.24, 2.45) is 17.8 Å². The molecular formula is C8H12O. The predicted octanol–water partition coefficient (Wildman–Crippen LogP) is 1.43. The molecular weight excluding hydrogens is 112 g/mol. The van der Waals surface area contributed by atoms with Crippen molar-refractivity contribution in [3.63, 3.8) is 0 Å². The Bertz CT molecular complexity index is 138. The van der Waals surface area contributed by atoms with Crippen LogP contribution in [-0.4, -0.2) is 12.7 Å². The fourth-order valence-electron chi connectivity index (χ4n) is 2.97. The number of hydrogen-bond acceptors (Lipinski definition) is 1. The van der Waals surface area contributed by atoms with E-state index in [1.165, 1.54) is 19.3 Å².